The summed E-state index contributed by atoms with van der Waals surface area (Å²) in [5, 5.41) is 2.87. The number of nitrogens with one attached hydrogen (secondary N) is 1. The summed E-state index contributed by atoms with van der Waals surface area (Å²) in [5.41, 5.74) is 6.64. The van der Waals surface area contributed by atoms with Crippen molar-refractivity contribution in [3.8, 4) is 0 Å². The minimum absolute atomic E-state index is 0.00303. The molecule has 0 aromatic heterocycles. The lowest BCUT2D eigenvalue weighted by atomic mass is 10.1. The van der Waals surface area contributed by atoms with Gasteiger partial charge in [0.25, 0.3) is 0 Å². The van der Waals surface area contributed by atoms with E-state index in [1.807, 2.05) is 17.0 Å². The monoisotopic (exact) mass is 317 g/mol. The average Bonchev–Trinajstić information content (AvgIpc) is 2.95. The molecular formula is C17H23N3O3. The summed E-state index contributed by atoms with van der Waals surface area (Å²) < 4.78 is 0. The first-order valence-electron chi connectivity index (χ1n) is 7.99. The molecule has 6 heteroatoms. The molecule has 1 aromatic rings. The number of rotatable bonds is 8. The quantitative estimate of drug-likeness (QED) is 0.696. The normalized spacial score (nSPS) is 14.1. The van der Waals surface area contributed by atoms with E-state index in [-0.39, 0.29) is 11.8 Å². The molecule has 0 saturated carbocycles. The summed E-state index contributed by atoms with van der Waals surface area (Å²) in [5.74, 6) is -0.238. The van der Waals surface area contributed by atoms with Crippen molar-refractivity contribution in [2.45, 2.75) is 32.1 Å². The second-order valence-electron chi connectivity index (χ2n) is 5.75. The Morgan fingerprint density at radius 2 is 1.96 bits per heavy atom. The summed E-state index contributed by atoms with van der Waals surface area (Å²) in [4.78, 5) is 36.1. The molecule has 2 rings (SSSR count). The molecule has 0 atom stereocenters. The zero-order valence-electron chi connectivity index (χ0n) is 13.2. The largest absolute Gasteiger partial charge is 0.366 e. The van der Waals surface area contributed by atoms with Gasteiger partial charge in [-0.1, -0.05) is 12.1 Å². The van der Waals surface area contributed by atoms with Crippen LogP contribution in [0.2, 0.25) is 0 Å². The lowest BCUT2D eigenvalue weighted by Crippen LogP contribution is -2.30. The molecule has 0 spiro atoms. The summed E-state index contributed by atoms with van der Waals surface area (Å²) in [6.07, 6.45) is 3.40. The fourth-order valence-corrected chi connectivity index (χ4v) is 2.62. The standard InChI is InChI=1S/C17H23N3O3/c18-17(23)14-7-4-13(5-8-14)6-9-15(21)19-10-2-12-20-11-1-3-16(20)22/h4-5,7-8H,1-3,6,9-12H2,(H2,18,23)(H,19,21). The summed E-state index contributed by atoms with van der Waals surface area (Å²) in [6, 6.07) is 6.96. The van der Waals surface area contributed by atoms with Gasteiger partial charge in [-0.3, -0.25) is 14.4 Å². The fraction of sp³-hybridized carbons (Fsp3) is 0.471. The Labute approximate surface area is 136 Å². The van der Waals surface area contributed by atoms with Gasteiger partial charge in [-0.25, -0.2) is 0 Å². The Bertz CT molecular complexity index is 569. The molecule has 1 aliphatic heterocycles. The molecule has 1 aliphatic rings. The van der Waals surface area contributed by atoms with E-state index >= 15 is 0 Å². The van der Waals surface area contributed by atoms with Crippen molar-refractivity contribution in [3.63, 3.8) is 0 Å². The highest BCUT2D eigenvalue weighted by Crippen LogP contribution is 2.09. The van der Waals surface area contributed by atoms with E-state index in [2.05, 4.69) is 5.32 Å². The second kappa shape index (κ2) is 8.31. The molecule has 0 unspecified atom stereocenters. The van der Waals surface area contributed by atoms with Crippen molar-refractivity contribution < 1.29 is 14.4 Å². The van der Waals surface area contributed by atoms with E-state index in [1.54, 1.807) is 12.1 Å². The van der Waals surface area contributed by atoms with Crippen LogP contribution < -0.4 is 11.1 Å². The van der Waals surface area contributed by atoms with Gasteiger partial charge in [0, 0.05) is 38.0 Å². The Hall–Kier alpha value is -2.37. The van der Waals surface area contributed by atoms with Crippen molar-refractivity contribution in [3.05, 3.63) is 35.4 Å². The second-order valence-corrected chi connectivity index (χ2v) is 5.75. The predicted molar refractivity (Wildman–Crippen MR) is 86.7 cm³/mol. The maximum absolute atomic E-state index is 11.8. The van der Waals surface area contributed by atoms with Crippen LogP contribution in [0.3, 0.4) is 0 Å². The van der Waals surface area contributed by atoms with Crippen LogP contribution in [0.15, 0.2) is 24.3 Å². The molecule has 1 heterocycles. The van der Waals surface area contributed by atoms with E-state index in [9.17, 15) is 14.4 Å². The number of primary amides is 1. The molecule has 3 amide bonds. The van der Waals surface area contributed by atoms with Gasteiger partial charge in [0.2, 0.25) is 17.7 Å². The third-order valence-electron chi connectivity index (χ3n) is 3.98. The maximum Gasteiger partial charge on any atom is 0.248 e. The first-order valence-corrected chi connectivity index (χ1v) is 7.99. The first-order chi connectivity index (χ1) is 11.1. The Kier molecular flexibility index (Phi) is 6.14. The zero-order valence-corrected chi connectivity index (χ0v) is 13.2. The molecule has 3 N–H and O–H groups in total. The van der Waals surface area contributed by atoms with Gasteiger partial charge in [0.1, 0.15) is 0 Å². The predicted octanol–water partition coefficient (Wildman–Crippen LogP) is 0.847. The molecule has 0 radical (unpaired) electrons. The molecule has 124 valence electrons. The van der Waals surface area contributed by atoms with Gasteiger partial charge in [0.15, 0.2) is 0 Å². The van der Waals surface area contributed by atoms with Gasteiger partial charge in [0.05, 0.1) is 0 Å². The number of carbonyl (C=O) groups excluding carboxylic acids is 3. The van der Waals surface area contributed by atoms with Gasteiger partial charge in [-0.15, -0.1) is 0 Å². The molecule has 6 nitrogen and oxygen atoms in total. The average molecular weight is 317 g/mol. The molecule has 23 heavy (non-hydrogen) atoms. The van der Waals surface area contributed by atoms with Crippen molar-refractivity contribution in [1.29, 1.82) is 0 Å². The number of nitrogens with zero attached hydrogens (tertiary/aromatic N) is 1. The van der Waals surface area contributed by atoms with Crippen LogP contribution in [-0.4, -0.2) is 42.3 Å². The van der Waals surface area contributed by atoms with E-state index in [4.69, 9.17) is 5.73 Å². The summed E-state index contributed by atoms with van der Waals surface area (Å²) in [6.45, 7) is 2.14. The van der Waals surface area contributed by atoms with Gasteiger partial charge in [-0.2, -0.15) is 0 Å². The van der Waals surface area contributed by atoms with Crippen LogP contribution in [-0.2, 0) is 16.0 Å². The lowest BCUT2D eigenvalue weighted by molar-refractivity contribution is -0.127. The SMILES string of the molecule is NC(=O)c1ccc(CCC(=O)NCCCN2CCCC2=O)cc1. The third kappa shape index (κ3) is 5.39. The summed E-state index contributed by atoms with van der Waals surface area (Å²) >= 11 is 0. The van der Waals surface area contributed by atoms with Crippen LogP contribution in [0.1, 0.15) is 41.6 Å². The van der Waals surface area contributed by atoms with E-state index in [0.717, 1.165) is 24.9 Å². The van der Waals surface area contributed by atoms with Crippen molar-refractivity contribution >= 4 is 17.7 Å². The van der Waals surface area contributed by atoms with Gasteiger partial charge >= 0.3 is 0 Å². The number of likely N-dealkylation sites (tertiary alicyclic amines) is 1. The molecular weight excluding hydrogens is 294 g/mol. The molecule has 1 saturated heterocycles. The highest BCUT2D eigenvalue weighted by molar-refractivity contribution is 5.92. The number of amides is 3. The minimum Gasteiger partial charge on any atom is -0.366 e. The zero-order chi connectivity index (χ0) is 16.7. The smallest absolute Gasteiger partial charge is 0.248 e. The van der Waals surface area contributed by atoms with Crippen molar-refractivity contribution in [2.75, 3.05) is 19.6 Å². The topological polar surface area (TPSA) is 92.5 Å². The van der Waals surface area contributed by atoms with Crippen molar-refractivity contribution in [1.82, 2.24) is 10.2 Å². The van der Waals surface area contributed by atoms with Crippen LogP contribution in [0.5, 0.6) is 0 Å². The first kappa shape index (κ1) is 17.0. The Balaban J connectivity index is 1.61. The van der Waals surface area contributed by atoms with Crippen LogP contribution >= 0.6 is 0 Å². The van der Waals surface area contributed by atoms with E-state index in [1.165, 1.54) is 0 Å². The van der Waals surface area contributed by atoms with Gasteiger partial charge in [-0.05, 0) is 37.0 Å². The number of nitrogens with two attached hydrogens (primary N) is 1. The summed E-state index contributed by atoms with van der Waals surface area (Å²) in [7, 11) is 0. The number of carbonyl (C=O) groups is 3. The number of hydrogen-bond acceptors (Lipinski definition) is 3. The molecule has 0 aliphatic carbocycles. The molecule has 1 fully saturated rings. The van der Waals surface area contributed by atoms with E-state index < -0.39 is 5.91 Å². The highest BCUT2D eigenvalue weighted by Gasteiger charge is 2.18. The Morgan fingerprint density at radius 3 is 2.57 bits per heavy atom. The van der Waals surface area contributed by atoms with E-state index in [0.29, 0.717) is 37.9 Å². The van der Waals surface area contributed by atoms with Gasteiger partial charge < -0.3 is 16.0 Å². The molecule has 1 aromatic carbocycles. The third-order valence-corrected chi connectivity index (χ3v) is 3.98. The number of benzene rings is 1. The lowest BCUT2D eigenvalue weighted by Gasteiger charge is -2.15. The maximum atomic E-state index is 11.8. The number of hydrogen-bond donors (Lipinski definition) is 2. The van der Waals surface area contributed by atoms with Crippen LogP contribution in [0.4, 0.5) is 0 Å². The van der Waals surface area contributed by atoms with Crippen LogP contribution in [0.25, 0.3) is 0 Å². The minimum atomic E-state index is -0.453. The van der Waals surface area contributed by atoms with Crippen molar-refractivity contribution in [2.24, 2.45) is 5.73 Å². The fourth-order valence-electron chi connectivity index (χ4n) is 2.62. The molecule has 0 bridgehead atoms. The number of aryl methyl sites for hydroxylation is 1. The van der Waals surface area contributed by atoms with Crippen LogP contribution in [0, 0.1) is 0 Å². The Morgan fingerprint density at radius 1 is 1.22 bits per heavy atom. The highest BCUT2D eigenvalue weighted by atomic mass is 16.2.